The highest BCUT2D eigenvalue weighted by molar-refractivity contribution is 7.15. The molecule has 2 aliphatic rings. The Bertz CT molecular complexity index is 876. The van der Waals surface area contributed by atoms with Crippen molar-refractivity contribution in [3.05, 3.63) is 27.9 Å². The van der Waals surface area contributed by atoms with E-state index in [1.807, 2.05) is 24.8 Å². The molecule has 144 valence electrons. The summed E-state index contributed by atoms with van der Waals surface area (Å²) >= 11 is 1.62. The van der Waals surface area contributed by atoms with E-state index in [9.17, 15) is 4.79 Å². The zero-order chi connectivity index (χ0) is 19.1. The molecule has 27 heavy (non-hydrogen) atoms. The van der Waals surface area contributed by atoms with Gasteiger partial charge in [-0.05, 0) is 51.2 Å². The summed E-state index contributed by atoms with van der Waals surface area (Å²) in [6, 6.07) is 2.29. The van der Waals surface area contributed by atoms with E-state index >= 15 is 0 Å². The number of carbonyl (C=O) groups excluding carboxylic acids is 1. The minimum Gasteiger partial charge on any atom is -0.475 e. The fourth-order valence-corrected chi connectivity index (χ4v) is 4.58. The van der Waals surface area contributed by atoms with Gasteiger partial charge in [-0.2, -0.15) is 0 Å². The molecular formula is C20H25N3O3S. The van der Waals surface area contributed by atoms with Gasteiger partial charge >= 0.3 is 0 Å². The van der Waals surface area contributed by atoms with Crippen LogP contribution >= 0.6 is 11.3 Å². The van der Waals surface area contributed by atoms with Crippen LogP contribution in [0.25, 0.3) is 10.6 Å². The molecule has 0 aromatic carbocycles. The molecule has 0 radical (unpaired) electrons. The van der Waals surface area contributed by atoms with E-state index in [2.05, 4.69) is 11.9 Å². The molecular weight excluding hydrogens is 362 g/mol. The fraction of sp³-hybridized carbons (Fsp3) is 0.550. The van der Waals surface area contributed by atoms with Gasteiger partial charge in [0.25, 0.3) is 5.91 Å². The van der Waals surface area contributed by atoms with Crippen LogP contribution in [0.5, 0.6) is 5.88 Å². The second-order valence-electron chi connectivity index (χ2n) is 7.35. The van der Waals surface area contributed by atoms with Crippen molar-refractivity contribution in [1.29, 1.82) is 0 Å². The molecule has 3 heterocycles. The first kappa shape index (κ1) is 18.4. The third kappa shape index (κ3) is 3.46. The second kappa shape index (κ2) is 7.20. The molecule has 2 aromatic rings. The number of fused-ring (bicyclic) bond motifs is 1. The molecule has 0 spiro atoms. The SMILES string of the molecule is COCCOc1nc(-c2sc(C)nc2C)cc2c1C(=O)N([C@@H](C)C1CC1)C2. The molecule has 0 bridgehead atoms. The molecule has 0 N–H and O–H groups in total. The molecule has 2 aromatic heterocycles. The average molecular weight is 388 g/mol. The summed E-state index contributed by atoms with van der Waals surface area (Å²) in [5, 5.41) is 1.01. The lowest BCUT2D eigenvalue weighted by Gasteiger charge is -2.23. The number of ether oxygens (including phenoxy) is 2. The topological polar surface area (TPSA) is 64.5 Å². The summed E-state index contributed by atoms with van der Waals surface area (Å²) in [4.78, 5) is 25.3. The van der Waals surface area contributed by atoms with Gasteiger partial charge in [0.15, 0.2) is 0 Å². The quantitative estimate of drug-likeness (QED) is 0.679. The number of nitrogens with zero attached hydrogens (tertiary/aromatic N) is 3. The minimum atomic E-state index is 0.0353. The molecule has 4 rings (SSSR count). The maximum Gasteiger partial charge on any atom is 0.260 e. The Hall–Kier alpha value is -1.99. The van der Waals surface area contributed by atoms with Gasteiger partial charge in [-0.25, -0.2) is 9.97 Å². The molecule has 1 amide bonds. The summed E-state index contributed by atoms with van der Waals surface area (Å²) in [5.74, 6) is 1.08. The number of aromatic nitrogens is 2. The summed E-state index contributed by atoms with van der Waals surface area (Å²) < 4.78 is 11.0. The van der Waals surface area contributed by atoms with Crippen molar-refractivity contribution in [3.63, 3.8) is 0 Å². The molecule has 1 aliphatic carbocycles. The lowest BCUT2D eigenvalue weighted by atomic mass is 10.1. The highest BCUT2D eigenvalue weighted by atomic mass is 32.1. The van der Waals surface area contributed by atoms with E-state index in [4.69, 9.17) is 14.5 Å². The number of hydrogen-bond acceptors (Lipinski definition) is 6. The summed E-state index contributed by atoms with van der Waals surface area (Å²) in [6.07, 6.45) is 2.42. The van der Waals surface area contributed by atoms with Crippen LogP contribution < -0.4 is 4.74 Å². The van der Waals surface area contributed by atoms with Crippen molar-refractivity contribution in [3.8, 4) is 16.5 Å². The van der Waals surface area contributed by atoms with Gasteiger partial charge in [-0.15, -0.1) is 11.3 Å². The van der Waals surface area contributed by atoms with Gasteiger partial charge in [0.1, 0.15) is 12.2 Å². The van der Waals surface area contributed by atoms with E-state index in [0.29, 0.717) is 37.1 Å². The Morgan fingerprint density at radius 2 is 2.07 bits per heavy atom. The van der Waals surface area contributed by atoms with Crippen LogP contribution in [0.15, 0.2) is 6.07 Å². The highest BCUT2D eigenvalue weighted by Crippen LogP contribution is 2.41. The third-order valence-corrected chi connectivity index (χ3v) is 6.44. The van der Waals surface area contributed by atoms with Crippen molar-refractivity contribution in [2.75, 3.05) is 20.3 Å². The summed E-state index contributed by atoms with van der Waals surface area (Å²) in [7, 11) is 1.63. The highest BCUT2D eigenvalue weighted by Gasteiger charge is 2.40. The van der Waals surface area contributed by atoms with Gasteiger partial charge < -0.3 is 14.4 Å². The largest absolute Gasteiger partial charge is 0.475 e. The Kier molecular flexibility index (Phi) is 4.90. The second-order valence-corrected chi connectivity index (χ2v) is 8.55. The van der Waals surface area contributed by atoms with Crippen molar-refractivity contribution in [2.45, 2.75) is 46.2 Å². The molecule has 1 saturated carbocycles. The average Bonchev–Trinajstić information content (AvgIpc) is 3.35. The predicted octanol–water partition coefficient (Wildman–Crippen LogP) is 3.60. The zero-order valence-corrected chi connectivity index (χ0v) is 17.1. The molecule has 1 aliphatic heterocycles. The molecule has 6 nitrogen and oxygen atoms in total. The monoisotopic (exact) mass is 387 g/mol. The Labute approximate surface area is 163 Å². The first-order valence-corrected chi connectivity index (χ1v) is 10.2. The van der Waals surface area contributed by atoms with Crippen LogP contribution in [0.4, 0.5) is 0 Å². The van der Waals surface area contributed by atoms with E-state index < -0.39 is 0 Å². The van der Waals surface area contributed by atoms with Crippen molar-refractivity contribution < 1.29 is 14.3 Å². The lowest BCUT2D eigenvalue weighted by Crippen LogP contribution is -2.34. The van der Waals surface area contributed by atoms with Crippen LogP contribution in [0.2, 0.25) is 0 Å². The number of hydrogen-bond donors (Lipinski definition) is 0. The maximum absolute atomic E-state index is 13.1. The molecule has 1 fully saturated rings. The van der Waals surface area contributed by atoms with Crippen LogP contribution in [0.1, 0.15) is 46.4 Å². The van der Waals surface area contributed by atoms with Crippen molar-refractivity contribution in [2.24, 2.45) is 5.92 Å². The Morgan fingerprint density at radius 3 is 2.70 bits per heavy atom. The van der Waals surface area contributed by atoms with E-state index in [1.54, 1.807) is 18.4 Å². The van der Waals surface area contributed by atoms with E-state index in [-0.39, 0.29) is 11.9 Å². The number of methoxy groups -OCH3 is 1. The maximum atomic E-state index is 13.1. The van der Waals surface area contributed by atoms with Crippen molar-refractivity contribution in [1.82, 2.24) is 14.9 Å². The van der Waals surface area contributed by atoms with Crippen molar-refractivity contribution >= 4 is 17.2 Å². The van der Waals surface area contributed by atoms with E-state index in [0.717, 1.165) is 26.8 Å². The summed E-state index contributed by atoms with van der Waals surface area (Å²) in [5.41, 5.74) is 3.40. The number of carbonyl (C=O) groups is 1. The summed E-state index contributed by atoms with van der Waals surface area (Å²) in [6.45, 7) is 7.58. The first-order chi connectivity index (χ1) is 13.0. The number of aryl methyl sites for hydroxylation is 2. The van der Waals surface area contributed by atoms with Crippen LogP contribution in [0.3, 0.4) is 0 Å². The van der Waals surface area contributed by atoms with Gasteiger partial charge in [0.05, 0.1) is 27.9 Å². The minimum absolute atomic E-state index is 0.0353. The predicted molar refractivity (Wildman–Crippen MR) is 104 cm³/mol. The zero-order valence-electron chi connectivity index (χ0n) is 16.2. The van der Waals surface area contributed by atoms with Crippen LogP contribution in [0, 0.1) is 19.8 Å². The lowest BCUT2D eigenvalue weighted by molar-refractivity contribution is 0.0692. The fourth-order valence-electron chi connectivity index (χ4n) is 3.70. The molecule has 0 saturated heterocycles. The van der Waals surface area contributed by atoms with Gasteiger partial charge in [0.2, 0.25) is 5.88 Å². The van der Waals surface area contributed by atoms with Crippen LogP contribution in [-0.4, -0.2) is 47.1 Å². The first-order valence-electron chi connectivity index (χ1n) is 9.40. The Morgan fingerprint density at radius 1 is 1.30 bits per heavy atom. The molecule has 1 atom stereocenters. The number of amides is 1. The molecule has 7 heteroatoms. The number of pyridine rings is 1. The molecule has 0 unspecified atom stereocenters. The number of rotatable bonds is 7. The standard InChI is InChI=1S/C20H25N3O3S/c1-11-18(27-13(3)21-11)16-9-15-10-23(12(2)14-5-6-14)20(24)17(15)19(22-16)26-8-7-25-4/h9,12,14H,5-8,10H2,1-4H3/t12-/m0/s1. The van der Waals surface area contributed by atoms with Crippen LogP contribution in [-0.2, 0) is 11.3 Å². The normalized spacial score (nSPS) is 17.3. The number of thiazole rings is 1. The third-order valence-electron chi connectivity index (χ3n) is 5.34. The van der Waals surface area contributed by atoms with Gasteiger partial charge in [-0.1, -0.05) is 0 Å². The smallest absolute Gasteiger partial charge is 0.260 e. The van der Waals surface area contributed by atoms with E-state index in [1.165, 1.54) is 12.8 Å². The Balaban J connectivity index is 1.73. The van der Waals surface area contributed by atoms with Gasteiger partial charge in [-0.3, -0.25) is 4.79 Å². The van der Waals surface area contributed by atoms with Gasteiger partial charge in [0, 0.05) is 19.7 Å².